The van der Waals surface area contributed by atoms with E-state index in [2.05, 4.69) is 41.0 Å². The zero-order valence-corrected chi connectivity index (χ0v) is 21.0. The maximum atomic E-state index is 6.06. The Morgan fingerprint density at radius 3 is 2.52 bits per heavy atom. The third kappa shape index (κ3) is 7.82. The van der Waals surface area contributed by atoms with E-state index >= 15 is 0 Å². The van der Waals surface area contributed by atoms with Crippen LogP contribution in [-0.4, -0.2) is 39.2 Å². The number of nitrogens with zero attached hydrogens (tertiary/aromatic N) is 2. The van der Waals surface area contributed by atoms with Crippen LogP contribution in [0, 0.1) is 0 Å². The van der Waals surface area contributed by atoms with Gasteiger partial charge in [0.1, 0.15) is 18.2 Å². The molecular weight excluding hydrogens is 428 g/mol. The van der Waals surface area contributed by atoms with Crippen LogP contribution in [0.3, 0.4) is 0 Å². The molecule has 0 fully saturated rings. The molecule has 1 aromatic heterocycles. The molecule has 0 saturated heterocycles. The summed E-state index contributed by atoms with van der Waals surface area (Å²) in [6.45, 7) is 8.81. The van der Waals surface area contributed by atoms with E-state index in [9.17, 15) is 0 Å². The normalized spacial score (nSPS) is 12.5. The molecule has 3 aromatic rings. The van der Waals surface area contributed by atoms with Crippen LogP contribution in [0.25, 0.3) is 10.9 Å². The van der Waals surface area contributed by atoms with Gasteiger partial charge in [0.25, 0.3) is 0 Å². The van der Waals surface area contributed by atoms with E-state index in [0.29, 0.717) is 6.73 Å². The second-order valence-corrected chi connectivity index (χ2v) is 14.7. The molecule has 174 valence electrons. The number of allylic oxidation sites excluding steroid dienone is 1. The van der Waals surface area contributed by atoms with Crippen LogP contribution < -0.4 is 15.8 Å². The summed E-state index contributed by atoms with van der Waals surface area (Å²) in [5, 5.41) is 4.16. The Labute approximate surface area is 197 Å². The number of pyridine rings is 1. The number of hydrogen-bond acceptors (Lipinski definition) is 6. The average molecular weight is 463 g/mol. The van der Waals surface area contributed by atoms with Gasteiger partial charge in [0.05, 0.1) is 16.9 Å². The molecule has 0 saturated carbocycles. The predicted octanol–water partition coefficient (Wildman–Crippen LogP) is 5.32. The SMILES string of the molecule is CNCc1ccc2cc(Oc3ccc(C(/C=C\N)=N\COCC[Si](C)(C)C)cc3)ccc2n1. The van der Waals surface area contributed by atoms with E-state index in [1.165, 1.54) is 6.20 Å². The van der Waals surface area contributed by atoms with Gasteiger partial charge in [0.15, 0.2) is 0 Å². The van der Waals surface area contributed by atoms with Gasteiger partial charge in [-0.2, -0.15) is 0 Å². The van der Waals surface area contributed by atoms with Crippen molar-refractivity contribution in [1.29, 1.82) is 0 Å². The summed E-state index contributed by atoms with van der Waals surface area (Å²) in [6.07, 6.45) is 3.28. The largest absolute Gasteiger partial charge is 0.457 e. The number of fused-ring (bicyclic) bond motifs is 1. The molecular formula is C26H34N4O2Si. The minimum absolute atomic E-state index is 0.323. The molecule has 0 bridgehead atoms. The van der Waals surface area contributed by atoms with Crippen molar-refractivity contribution in [2.45, 2.75) is 32.2 Å². The molecule has 3 rings (SSSR count). The third-order valence-corrected chi connectivity index (χ3v) is 6.74. The van der Waals surface area contributed by atoms with Crippen LogP contribution in [0.5, 0.6) is 11.5 Å². The second-order valence-electron chi connectivity index (χ2n) is 9.06. The summed E-state index contributed by atoms with van der Waals surface area (Å²) in [7, 11) is 0.814. The lowest BCUT2D eigenvalue weighted by Crippen LogP contribution is -2.21. The van der Waals surface area contributed by atoms with E-state index in [-0.39, 0.29) is 0 Å². The van der Waals surface area contributed by atoms with Gasteiger partial charge < -0.3 is 20.5 Å². The Balaban J connectivity index is 1.65. The van der Waals surface area contributed by atoms with E-state index in [4.69, 9.17) is 15.2 Å². The second kappa shape index (κ2) is 11.7. The van der Waals surface area contributed by atoms with Crippen molar-refractivity contribution in [2.24, 2.45) is 10.7 Å². The monoisotopic (exact) mass is 462 g/mol. The first-order valence-corrected chi connectivity index (χ1v) is 14.9. The van der Waals surface area contributed by atoms with Crippen LogP contribution in [0.15, 0.2) is 71.9 Å². The number of ether oxygens (including phenoxy) is 2. The fraction of sp³-hybridized carbons (Fsp3) is 0.308. The summed E-state index contributed by atoms with van der Waals surface area (Å²) in [5.74, 6) is 1.52. The van der Waals surface area contributed by atoms with E-state index in [0.717, 1.165) is 58.6 Å². The van der Waals surface area contributed by atoms with Crippen LogP contribution >= 0.6 is 0 Å². The maximum Gasteiger partial charge on any atom is 0.138 e. The third-order valence-electron chi connectivity index (χ3n) is 5.04. The summed E-state index contributed by atoms with van der Waals surface area (Å²) >= 11 is 0. The molecule has 0 aliphatic rings. The molecule has 33 heavy (non-hydrogen) atoms. The van der Waals surface area contributed by atoms with Crippen molar-refractivity contribution in [2.75, 3.05) is 20.4 Å². The van der Waals surface area contributed by atoms with Crippen LogP contribution in [-0.2, 0) is 11.3 Å². The molecule has 0 spiro atoms. The molecule has 1 heterocycles. The summed E-state index contributed by atoms with van der Waals surface area (Å²) in [4.78, 5) is 9.22. The molecule has 0 aliphatic heterocycles. The minimum atomic E-state index is -1.10. The van der Waals surface area contributed by atoms with Gasteiger partial charge in [0.2, 0.25) is 0 Å². The highest BCUT2D eigenvalue weighted by molar-refractivity contribution is 6.76. The van der Waals surface area contributed by atoms with Gasteiger partial charge >= 0.3 is 0 Å². The molecule has 0 atom stereocenters. The van der Waals surface area contributed by atoms with Gasteiger partial charge in [-0.05, 0) is 73.9 Å². The summed E-state index contributed by atoms with van der Waals surface area (Å²) in [6, 6.07) is 19.0. The number of aliphatic imine (C=N–C) groups is 1. The Bertz CT molecular complexity index is 1110. The first-order chi connectivity index (χ1) is 15.9. The van der Waals surface area contributed by atoms with Crippen molar-refractivity contribution in [1.82, 2.24) is 10.3 Å². The molecule has 7 heteroatoms. The lowest BCUT2D eigenvalue weighted by molar-refractivity contribution is 0.155. The molecule has 3 N–H and O–H groups in total. The lowest BCUT2D eigenvalue weighted by Gasteiger charge is -2.14. The number of nitrogens with one attached hydrogen (secondary N) is 1. The number of hydrogen-bond donors (Lipinski definition) is 2. The van der Waals surface area contributed by atoms with Crippen molar-refractivity contribution >= 4 is 24.7 Å². The molecule has 2 aromatic carbocycles. The summed E-state index contributed by atoms with van der Waals surface area (Å²) < 4.78 is 11.8. The summed E-state index contributed by atoms with van der Waals surface area (Å²) in [5.41, 5.74) is 9.33. The van der Waals surface area contributed by atoms with Gasteiger partial charge in [-0.1, -0.05) is 25.7 Å². The predicted molar refractivity (Wildman–Crippen MR) is 140 cm³/mol. The Hall–Kier alpha value is -3.00. The van der Waals surface area contributed by atoms with Gasteiger partial charge in [-0.3, -0.25) is 9.98 Å². The molecule has 0 unspecified atom stereocenters. The minimum Gasteiger partial charge on any atom is -0.457 e. The highest BCUT2D eigenvalue weighted by atomic mass is 28.3. The Kier molecular flexibility index (Phi) is 8.77. The highest BCUT2D eigenvalue weighted by Crippen LogP contribution is 2.26. The fourth-order valence-electron chi connectivity index (χ4n) is 3.21. The number of nitrogens with two attached hydrogens (primary N) is 1. The lowest BCUT2D eigenvalue weighted by atomic mass is 10.1. The highest BCUT2D eigenvalue weighted by Gasteiger charge is 2.12. The van der Waals surface area contributed by atoms with E-state index in [1.807, 2.05) is 55.6 Å². The Morgan fingerprint density at radius 1 is 1.06 bits per heavy atom. The fourth-order valence-corrected chi connectivity index (χ4v) is 3.96. The first kappa shape index (κ1) is 24.6. The smallest absolute Gasteiger partial charge is 0.138 e. The van der Waals surface area contributed by atoms with Gasteiger partial charge in [0, 0.05) is 32.2 Å². The molecule has 0 radical (unpaired) electrons. The molecule has 6 nitrogen and oxygen atoms in total. The topological polar surface area (TPSA) is 81.8 Å². The van der Waals surface area contributed by atoms with Crippen LogP contribution in [0.1, 0.15) is 11.3 Å². The van der Waals surface area contributed by atoms with Crippen LogP contribution in [0.2, 0.25) is 25.7 Å². The van der Waals surface area contributed by atoms with Gasteiger partial charge in [-0.15, -0.1) is 0 Å². The van der Waals surface area contributed by atoms with Crippen molar-refractivity contribution < 1.29 is 9.47 Å². The van der Waals surface area contributed by atoms with E-state index in [1.54, 1.807) is 6.08 Å². The molecule has 0 amide bonds. The van der Waals surface area contributed by atoms with Crippen molar-refractivity contribution in [3.05, 3.63) is 78.1 Å². The van der Waals surface area contributed by atoms with Crippen molar-refractivity contribution in [3.8, 4) is 11.5 Å². The zero-order valence-electron chi connectivity index (χ0n) is 20.0. The Morgan fingerprint density at radius 2 is 1.82 bits per heavy atom. The maximum absolute atomic E-state index is 6.06. The number of rotatable bonds is 11. The average Bonchev–Trinajstić information content (AvgIpc) is 2.78. The quantitative estimate of drug-likeness (QED) is 0.229. The number of aromatic nitrogens is 1. The number of benzene rings is 2. The first-order valence-electron chi connectivity index (χ1n) is 11.2. The van der Waals surface area contributed by atoms with E-state index < -0.39 is 8.07 Å². The van der Waals surface area contributed by atoms with Gasteiger partial charge in [-0.25, -0.2) is 0 Å². The molecule has 0 aliphatic carbocycles. The standard InChI is InChI=1S/C26H34N4O2Si/c1-28-18-22-8-5-21-17-24(11-12-26(21)30-22)32-23-9-6-20(7-10-23)25(13-14-27)29-19-31-15-16-33(2,3)4/h5-14,17,28H,15-16,18-19,27H2,1-4H3/b14-13-,29-25-. The van der Waals surface area contributed by atoms with Crippen LogP contribution in [0.4, 0.5) is 0 Å². The zero-order chi connectivity index (χ0) is 23.7. The van der Waals surface area contributed by atoms with Crippen molar-refractivity contribution in [3.63, 3.8) is 0 Å².